The molecule has 2 saturated heterocycles. The second kappa shape index (κ2) is 12.3. The molecule has 1 saturated carbocycles. The van der Waals surface area contributed by atoms with Gasteiger partial charge in [-0.2, -0.15) is 0 Å². The highest BCUT2D eigenvalue weighted by Gasteiger charge is 2.33. The summed E-state index contributed by atoms with van der Waals surface area (Å²) in [4.78, 5) is 65.3. The first-order valence-electron chi connectivity index (χ1n) is 14.9. The molecule has 12 nitrogen and oxygen atoms in total. The molecule has 2 aromatic carbocycles. The predicted octanol–water partition coefficient (Wildman–Crippen LogP) is 3.14. The molecule has 3 aromatic rings. The molecule has 0 bridgehead atoms. The zero-order valence-corrected chi connectivity index (χ0v) is 24.9. The van der Waals surface area contributed by atoms with Crippen molar-refractivity contribution in [3.8, 4) is 0 Å². The van der Waals surface area contributed by atoms with Crippen LogP contribution in [-0.2, 0) is 14.3 Å². The first-order chi connectivity index (χ1) is 22.0. The monoisotopic (exact) mass is 635 g/mol. The number of cyclic esters (lactones) is 1. The van der Waals surface area contributed by atoms with Crippen LogP contribution in [0.15, 0.2) is 47.4 Å². The number of hydrogen-bond acceptors (Lipinski definition) is 7. The minimum Gasteiger partial charge on any atom is -0.477 e. The van der Waals surface area contributed by atoms with Crippen molar-refractivity contribution >= 4 is 52.2 Å². The molecule has 1 atom stereocenters. The van der Waals surface area contributed by atoms with Gasteiger partial charge in [0.05, 0.1) is 30.0 Å². The molecular weight excluding hydrogens is 604 g/mol. The first-order valence-corrected chi connectivity index (χ1v) is 14.9. The molecule has 3 amide bonds. The van der Waals surface area contributed by atoms with Crippen LogP contribution in [0.3, 0.4) is 0 Å². The van der Waals surface area contributed by atoms with Gasteiger partial charge in [-0.15, -0.1) is 0 Å². The molecule has 6 rings (SSSR count). The molecule has 1 aromatic heterocycles. The van der Waals surface area contributed by atoms with Gasteiger partial charge in [0.15, 0.2) is 0 Å². The number of nitrogens with zero attached hydrogens (tertiary/aromatic N) is 4. The zero-order chi connectivity index (χ0) is 32.7. The number of ether oxygens (including phenoxy) is 1. The highest BCUT2D eigenvalue weighted by molar-refractivity contribution is 5.94. The van der Waals surface area contributed by atoms with Crippen molar-refractivity contribution in [3.63, 3.8) is 0 Å². The van der Waals surface area contributed by atoms with Crippen LogP contribution in [0.5, 0.6) is 0 Å². The zero-order valence-electron chi connectivity index (χ0n) is 24.9. The average molecular weight is 636 g/mol. The number of anilines is 2. The molecular formula is C32H31F2N5O7. The van der Waals surface area contributed by atoms with Crippen LogP contribution in [0, 0.1) is 11.6 Å². The van der Waals surface area contributed by atoms with E-state index in [0.717, 1.165) is 18.9 Å². The minimum absolute atomic E-state index is 0.0128. The number of piperazine rings is 1. The van der Waals surface area contributed by atoms with Crippen LogP contribution >= 0.6 is 0 Å². The molecule has 46 heavy (non-hydrogen) atoms. The van der Waals surface area contributed by atoms with Crippen LogP contribution < -0.4 is 20.5 Å². The number of aromatic carboxylic acids is 1. The van der Waals surface area contributed by atoms with E-state index < -0.39 is 40.8 Å². The third-order valence-electron chi connectivity index (χ3n) is 8.36. The number of carbonyl (C=O) groups excluding carboxylic acids is 3. The van der Waals surface area contributed by atoms with E-state index in [1.165, 1.54) is 48.4 Å². The number of nitrogens with one attached hydrogen (secondary N) is 1. The Bertz CT molecular complexity index is 1850. The van der Waals surface area contributed by atoms with E-state index in [9.17, 15) is 33.5 Å². The Morgan fingerprint density at radius 1 is 1.04 bits per heavy atom. The van der Waals surface area contributed by atoms with E-state index in [1.54, 1.807) is 20.4 Å². The van der Waals surface area contributed by atoms with E-state index >= 15 is 4.39 Å². The number of carboxylic acid groups (broad SMARTS) is 1. The summed E-state index contributed by atoms with van der Waals surface area (Å²) in [6.45, 7) is 2.80. The number of hydrogen-bond donors (Lipinski definition) is 2. The fourth-order valence-electron chi connectivity index (χ4n) is 5.76. The van der Waals surface area contributed by atoms with Crippen molar-refractivity contribution in [2.45, 2.75) is 31.9 Å². The van der Waals surface area contributed by atoms with Crippen molar-refractivity contribution < 1.29 is 37.8 Å². The second-order valence-electron chi connectivity index (χ2n) is 11.5. The van der Waals surface area contributed by atoms with Crippen molar-refractivity contribution in [1.29, 1.82) is 0 Å². The normalized spacial score (nSPS) is 18.4. The summed E-state index contributed by atoms with van der Waals surface area (Å²) in [7, 11) is 0. The van der Waals surface area contributed by atoms with Gasteiger partial charge in [-0.1, -0.05) is 0 Å². The minimum atomic E-state index is -1.36. The van der Waals surface area contributed by atoms with Gasteiger partial charge in [0.2, 0.25) is 17.2 Å². The third-order valence-corrected chi connectivity index (χ3v) is 8.36. The predicted molar refractivity (Wildman–Crippen MR) is 164 cm³/mol. The van der Waals surface area contributed by atoms with Crippen molar-refractivity contribution in [2.24, 2.45) is 0 Å². The average Bonchev–Trinajstić information content (AvgIpc) is 3.80. The quantitative estimate of drug-likeness (QED) is 0.360. The second-order valence-corrected chi connectivity index (χ2v) is 11.5. The van der Waals surface area contributed by atoms with Gasteiger partial charge >= 0.3 is 12.1 Å². The Morgan fingerprint density at radius 2 is 1.78 bits per heavy atom. The lowest BCUT2D eigenvalue weighted by atomic mass is 10.1. The number of pyridine rings is 1. The van der Waals surface area contributed by atoms with E-state index in [0.29, 0.717) is 18.6 Å². The van der Waals surface area contributed by atoms with Crippen molar-refractivity contribution in [3.05, 3.63) is 75.6 Å². The summed E-state index contributed by atoms with van der Waals surface area (Å²) >= 11 is 0. The van der Waals surface area contributed by atoms with E-state index in [1.807, 2.05) is 0 Å². The number of halogens is 2. The molecule has 14 heteroatoms. The molecule has 3 aliphatic rings. The number of benzene rings is 2. The molecule has 3 fully saturated rings. The Morgan fingerprint density at radius 3 is 2.43 bits per heavy atom. The molecule has 1 aliphatic carbocycles. The fraction of sp³-hybridized carbons (Fsp3) is 0.344. The van der Waals surface area contributed by atoms with Gasteiger partial charge in [0.1, 0.15) is 23.3 Å². The molecule has 2 N–H and O–H groups in total. The highest BCUT2D eigenvalue weighted by Crippen LogP contribution is 2.38. The molecule has 0 spiro atoms. The van der Waals surface area contributed by atoms with E-state index in [4.69, 9.17) is 4.74 Å². The number of aromatic nitrogens is 1. The van der Waals surface area contributed by atoms with Gasteiger partial charge < -0.3 is 29.5 Å². The highest BCUT2D eigenvalue weighted by atomic mass is 19.1. The third kappa shape index (κ3) is 6.14. The fourth-order valence-corrected chi connectivity index (χ4v) is 5.76. The molecule has 0 unspecified atom stereocenters. The summed E-state index contributed by atoms with van der Waals surface area (Å²) in [5.41, 5.74) is 0.0254. The summed E-state index contributed by atoms with van der Waals surface area (Å²) < 4.78 is 37.2. The van der Waals surface area contributed by atoms with E-state index in [2.05, 4.69) is 5.32 Å². The molecule has 240 valence electrons. The van der Waals surface area contributed by atoms with Crippen molar-refractivity contribution in [1.82, 2.24) is 14.8 Å². The molecule has 3 heterocycles. The standard InChI is InChI=1S/C32H31F2N5O7/c1-18(40)35-15-22-16-39(32(45)46-22)21-4-2-19(25(33)12-21)3-7-29(41)37-10-8-36(9-11-37)28-14-27-23(13-26(28)34)30(42)24(31(43)44)17-38(27)20-5-6-20/h2-4,7,12-14,17,20,22H,5-6,8-11,15-16H2,1H3,(H,35,40)(H,43,44)/b7-3+/t22-/m0/s1. The van der Waals surface area contributed by atoms with Gasteiger partial charge in [0, 0.05) is 62.4 Å². The van der Waals surface area contributed by atoms with Gasteiger partial charge in [-0.05, 0) is 49.2 Å². The maximum Gasteiger partial charge on any atom is 0.414 e. The maximum atomic E-state index is 15.3. The SMILES string of the molecule is CC(=O)NC[C@H]1CN(c2ccc(/C=C/C(=O)N3CCN(c4cc5c(cc4F)c(=O)c(C(=O)O)cn5C4CC4)CC3)c(F)c2)C(=O)O1. The van der Waals surface area contributed by atoms with Crippen LogP contribution in [-0.4, -0.2) is 83.8 Å². The summed E-state index contributed by atoms with van der Waals surface area (Å²) in [5.74, 6) is -3.26. The summed E-state index contributed by atoms with van der Waals surface area (Å²) in [5, 5.41) is 12.1. The summed E-state index contributed by atoms with van der Waals surface area (Å²) in [6.07, 6.45) is 4.39. The number of carbonyl (C=O) groups is 4. The van der Waals surface area contributed by atoms with E-state index in [-0.39, 0.29) is 66.4 Å². The number of amides is 3. The first kappa shape index (κ1) is 30.7. The van der Waals surface area contributed by atoms with Crippen LogP contribution in [0.25, 0.3) is 17.0 Å². The lowest BCUT2D eigenvalue weighted by Gasteiger charge is -2.36. The summed E-state index contributed by atoms with van der Waals surface area (Å²) in [6, 6.07) is 6.88. The van der Waals surface area contributed by atoms with Gasteiger partial charge in [-0.25, -0.2) is 18.4 Å². The smallest absolute Gasteiger partial charge is 0.414 e. The van der Waals surface area contributed by atoms with Gasteiger partial charge in [-0.3, -0.25) is 19.3 Å². The largest absolute Gasteiger partial charge is 0.477 e. The Kier molecular flexibility index (Phi) is 8.19. The molecule has 0 radical (unpaired) electrons. The van der Waals surface area contributed by atoms with Crippen LogP contribution in [0.1, 0.15) is 41.7 Å². The Balaban J connectivity index is 1.10. The van der Waals surface area contributed by atoms with Crippen LogP contribution in [0.4, 0.5) is 25.0 Å². The molecule has 2 aliphatic heterocycles. The number of carboxylic acids is 1. The Labute approximate surface area is 261 Å². The lowest BCUT2D eigenvalue weighted by molar-refractivity contribution is -0.126. The Hall–Kier alpha value is -5.27. The maximum absolute atomic E-state index is 15.3. The topological polar surface area (TPSA) is 141 Å². The van der Waals surface area contributed by atoms with Gasteiger partial charge in [0.25, 0.3) is 0 Å². The van der Waals surface area contributed by atoms with Crippen molar-refractivity contribution in [2.75, 3.05) is 49.1 Å². The lowest BCUT2D eigenvalue weighted by Crippen LogP contribution is -2.48. The van der Waals surface area contributed by atoms with Crippen LogP contribution in [0.2, 0.25) is 0 Å². The number of rotatable bonds is 8. The number of fused-ring (bicyclic) bond motifs is 1.